The van der Waals surface area contributed by atoms with Crippen LogP contribution in [0.2, 0.25) is 5.02 Å². The van der Waals surface area contributed by atoms with Crippen molar-refractivity contribution in [3.63, 3.8) is 0 Å². The molecular weight excluding hydrogens is 370 g/mol. The molecule has 0 unspecified atom stereocenters. The number of hydrogen-bond acceptors (Lipinski definition) is 4. The van der Waals surface area contributed by atoms with E-state index in [2.05, 4.69) is 0 Å². The van der Waals surface area contributed by atoms with Crippen molar-refractivity contribution in [1.82, 2.24) is 4.90 Å². The largest absolute Gasteiger partial charge is 0.493 e. The maximum absolute atomic E-state index is 12.8. The van der Waals surface area contributed by atoms with Crippen LogP contribution in [0.5, 0.6) is 5.75 Å². The quantitative estimate of drug-likeness (QED) is 0.627. The van der Waals surface area contributed by atoms with E-state index < -0.39 is 12.5 Å². The zero-order chi connectivity index (χ0) is 19.6. The molecule has 2 aromatic rings. The van der Waals surface area contributed by atoms with Gasteiger partial charge in [0.1, 0.15) is 12.3 Å². The topological polar surface area (TPSA) is 76.1 Å². The summed E-state index contributed by atoms with van der Waals surface area (Å²) in [6.07, 6.45) is 0.733. The lowest BCUT2D eigenvalue weighted by molar-refractivity contribution is -0.137. The van der Waals surface area contributed by atoms with Crippen molar-refractivity contribution in [2.24, 2.45) is 0 Å². The van der Waals surface area contributed by atoms with Crippen LogP contribution in [-0.4, -0.2) is 48.8 Å². The summed E-state index contributed by atoms with van der Waals surface area (Å²) in [5.41, 5.74) is 1.16. The molecule has 0 radical (unpaired) electrons. The number of carbonyl (C=O) groups excluding carboxylic acids is 1. The lowest BCUT2D eigenvalue weighted by Crippen LogP contribution is -2.35. The van der Waals surface area contributed by atoms with Crippen LogP contribution < -0.4 is 4.74 Å². The molecule has 2 rings (SSSR count). The molecule has 0 saturated carbocycles. The van der Waals surface area contributed by atoms with Crippen LogP contribution in [0.1, 0.15) is 22.3 Å². The number of amides is 1. The molecule has 0 bridgehead atoms. The van der Waals surface area contributed by atoms with E-state index in [4.69, 9.17) is 21.1 Å². The van der Waals surface area contributed by atoms with Crippen LogP contribution in [0.25, 0.3) is 0 Å². The molecule has 0 fully saturated rings. The fourth-order valence-electron chi connectivity index (χ4n) is 2.47. The van der Waals surface area contributed by atoms with E-state index in [0.717, 1.165) is 12.0 Å². The smallest absolute Gasteiger partial charge is 0.323 e. The SMILES string of the molecule is COCCCOc1cccc(C(=O)N(CC(=O)O)Cc2ccc(Cl)cc2)c1. The number of hydrogen-bond donors (Lipinski definition) is 1. The highest BCUT2D eigenvalue weighted by molar-refractivity contribution is 6.30. The van der Waals surface area contributed by atoms with Crippen molar-refractivity contribution in [3.8, 4) is 5.75 Å². The van der Waals surface area contributed by atoms with Gasteiger partial charge in [-0.3, -0.25) is 9.59 Å². The second kappa shape index (κ2) is 10.5. The first-order valence-corrected chi connectivity index (χ1v) is 8.84. The second-order valence-electron chi connectivity index (χ2n) is 5.90. The Morgan fingerprint density at radius 1 is 1.11 bits per heavy atom. The summed E-state index contributed by atoms with van der Waals surface area (Å²) in [5, 5.41) is 9.75. The van der Waals surface area contributed by atoms with Crippen molar-refractivity contribution >= 4 is 23.5 Å². The van der Waals surface area contributed by atoms with Gasteiger partial charge in [0.05, 0.1) is 6.61 Å². The number of carboxylic acid groups (broad SMARTS) is 1. The molecule has 1 N–H and O–H groups in total. The molecule has 7 heteroatoms. The molecule has 0 spiro atoms. The van der Waals surface area contributed by atoms with Crippen molar-refractivity contribution in [3.05, 3.63) is 64.7 Å². The predicted octanol–water partition coefficient (Wildman–Crippen LogP) is 3.48. The lowest BCUT2D eigenvalue weighted by Gasteiger charge is -2.21. The summed E-state index contributed by atoms with van der Waals surface area (Å²) in [6.45, 7) is 0.822. The number of aliphatic carboxylic acids is 1. The Bertz CT molecular complexity index is 763. The van der Waals surface area contributed by atoms with Gasteiger partial charge in [0.25, 0.3) is 5.91 Å². The van der Waals surface area contributed by atoms with Crippen molar-refractivity contribution in [2.45, 2.75) is 13.0 Å². The highest BCUT2D eigenvalue weighted by Gasteiger charge is 2.19. The number of carbonyl (C=O) groups is 2. The predicted molar refractivity (Wildman–Crippen MR) is 102 cm³/mol. The molecule has 0 saturated heterocycles. The van der Waals surface area contributed by atoms with Crippen molar-refractivity contribution < 1.29 is 24.2 Å². The Morgan fingerprint density at radius 3 is 2.52 bits per heavy atom. The lowest BCUT2D eigenvalue weighted by atomic mass is 10.1. The van der Waals surface area contributed by atoms with Gasteiger partial charge in [-0.25, -0.2) is 0 Å². The summed E-state index contributed by atoms with van der Waals surface area (Å²) < 4.78 is 10.6. The number of carboxylic acids is 1. The molecule has 0 atom stereocenters. The van der Waals surface area contributed by atoms with E-state index in [9.17, 15) is 14.7 Å². The highest BCUT2D eigenvalue weighted by Crippen LogP contribution is 2.17. The highest BCUT2D eigenvalue weighted by atomic mass is 35.5. The Morgan fingerprint density at radius 2 is 1.85 bits per heavy atom. The molecular formula is C20H22ClNO5. The summed E-state index contributed by atoms with van der Waals surface area (Å²) in [7, 11) is 1.62. The first-order valence-electron chi connectivity index (χ1n) is 8.47. The number of ether oxygens (including phenoxy) is 2. The third-order valence-electron chi connectivity index (χ3n) is 3.74. The van der Waals surface area contributed by atoms with Crippen LogP contribution in [0, 0.1) is 0 Å². The normalized spacial score (nSPS) is 10.4. The summed E-state index contributed by atoms with van der Waals surface area (Å²) in [6, 6.07) is 13.7. The zero-order valence-corrected chi connectivity index (χ0v) is 15.8. The second-order valence-corrected chi connectivity index (χ2v) is 6.34. The third kappa shape index (κ3) is 6.92. The Kier molecular flexibility index (Phi) is 8.10. The summed E-state index contributed by atoms with van der Waals surface area (Å²) in [4.78, 5) is 25.3. The van der Waals surface area contributed by atoms with Crippen LogP contribution in [0.15, 0.2) is 48.5 Å². The van der Waals surface area contributed by atoms with Gasteiger partial charge in [0.15, 0.2) is 0 Å². The van der Waals surface area contributed by atoms with Gasteiger partial charge in [-0.15, -0.1) is 0 Å². The molecule has 2 aromatic carbocycles. The van der Waals surface area contributed by atoms with Gasteiger partial charge < -0.3 is 19.5 Å². The Balaban J connectivity index is 2.11. The maximum Gasteiger partial charge on any atom is 0.323 e. The number of methoxy groups -OCH3 is 1. The fourth-order valence-corrected chi connectivity index (χ4v) is 2.59. The average molecular weight is 392 g/mol. The molecule has 1 amide bonds. The molecule has 6 nitrogen and oxygen atoms in total. The fraction of sp³-hybridized carbons (Fsp3) is 0.300. The van der Waals surface area contributed by atoms with Gasteiger partial charge in [0.2, 0.25) is 0 Å². The zero-order valence-electron chi connectivity index (χ0n) is 15.1. The van der Waals surface area contributed by atoms with Crippen LogP contribution in [0.4, 0.5) is 0 Å². The van der Waals surface area contributed by atoms with Gasteiger partial charge >= 0.3 is 5.97 Å². The van der Waals surface area contributed by atoms with E-state index in [1.807, 2.05) is 0 Å². The molecule has 144 valence electrons. The minimum absolute atomic E-state index is 0.168. The average Bonchev–Trinajstić information content (AvgIpc) is 2.66. The van der Waals surface area contributed by atoms with Gasteiger partial charge in [-0.1, -0.05) is 29.8 Å². The van der Waals surface area contributed by atoms with Gasteiger partial charge in [-0.2, -0.15) is 0 Å². The number of halogens is 1. The van der Waals surface area contributed by atoms with E-state index in [1.165, 1.54) is 4.90 Å². The first-order chi connectivity index (χ1) is 13.0. The van der Waals surface area contributed by atoms with Crippen LogP contribution >= 0.6 is 11.6 Å². The molecule has 0 aliphatic rings. The van der Waals surface area contributed by atoms with Crippen LogP contribution in [-0.2, 0) is 16.1 Å². The molecule has 0 aliphatic heterocycles. The van der Waals surface area contributed by atoms with E-state index in [-0.39, 0.29) is 12.5 Å². The summed E-state index contributed by atoms with van der Waals surface area (Å²) >= 11 is 5.87. The van der Waals surface area contributed by atoms with Gasteiger partial charge in [-0.05, 0) is 35.9 Å². The van der Waals surface area contributed by atoms with E-state index >= 15 is 0 Å². The number of benzene rings is 2. The summed E-state index contributed by atoms with van der Waals surface area (Å²) in [5.74, 6) is -0.905. The van der Waals surface area contributed by atoms with E-state index in [0.29, 0.717) is 29.5 Å². The molecule has 27 heavy (non-hydrogen) atoms. The standard InChI is InChI=1S/C20H22ClNO5/c1-26-10-3-11-27-18-5-2-4-16(12-18)20(25)22(14-19(23)24)13-15-6-8-17(21)9-7-15/h2,4-9,12H,3,10-11,13-14H2,1H3,(H,23,24). The molecule has 0 heterocycles. The van der Waals surface area contributed by atoms with Crippen molar-refractivity contribution in [2.75, 3.05) is 26.9 Å². The Hall–Kier alpha value is -2.57. The maximum atomic E-state index is 12.8. The van der Waals surface area contributed by atoms with Gasteiger partial charge in [0, 0.05) is 37.3 Å². The van der Waals surface area contributed by atoms with Crippen LogP contribution in [0.3, 0.4) is 0 Å². The minimum Gasteiger partial charge on any atom is -0.493 e. The molecule has 0 aromatic heterocycles. The third-order valence-corrected chi connectivity index (χ3v) is 3.99. The minimum atomic E-state index is -1.08. The number of nitrogens with zero attached hydrogens (tertiary/aromatic N) is 1. The number of rotatable bonds is 10. The Labute approximate surface area is 163 Å². The molecule has 0 aliphatic carbocycles. The first kappa shape index (κ1) is 20.7. The monoisotopic (exact) mass is 391 g/mol. The van der Waals surface area contributed by atoms with E-state index in [1.54, 1.807) is 55.6 Å². The van der Waals surface area contributed by atoms with Crippen molar-refractivity contribution in [1.29, 1.82) is 0 Å².